The van der Waals surface area contributed by atoms with Crippen molar-refractivity contribution in [2.24, 2.45) is 0 Å². The largest absolute Gasteiger partial charge is 0.356 e. The van der Waals surface area contributed by atoms with Gasteiger partial charge in [-0.1, -0.05) is 42.1 Å². The monoisotopic (exact) mass is 363 g/mol. The quantitative estimate of drug-likeness (QED) is 0.664. The molecular formula is C21H21N3OS. The fourth-order valence-corrected chi connectivity index (χ4v) is 4.34. The van der Waals surface area contributed by atoms with E-state index in [0.29, 0.717) is 0 Å². The minimum Gasteiger partial charge on any atom is -0.356 e. The fraction of sp³-hybridized carbons (Fsp3) is 0.238. The molecule has 2 aromatic carbocycles. The zero-order valence-electron chi connectivity index (χ0n) is 14.7. The van der Waals surface area contributed by atoms with Gasteiger partial charge in [0, 0.05) is 30.3 Å². The van der Waals surface area contributed by atoms with Gasteiger partial charge in [0.15, 0.2) is 0 Å². The first-order chi connectivity index (χ1) is 12.7. The highest BCUT2D eigenvalue weighted by atomic mass is 32.2. The molecule has 132 valence electrons. The van der Waals surface area contributed by atoms with Gasteiger partial charge >= 0.3 is 0 Å². The molecule has 1 aliphatic rings. The minimum atomic E-state index is 0.0307. The first kappa shape index (κ1) is 16.9. The molecule has 26 heavy (non-hydrogen) atoms. The Morgan fingerprint density at radius 3 is 2.77 bits per heavy atom. The molecule has 1 amide bonds. The second-order valence-corrected chi connectivity index (χ2v) is 7.50. The van der Waals surface area contributed by atoms with E-state index < -0.39 is 0 Å². The number of carbonyl (C=O) groups excluding carboxylic acids is 1. The van der Waals surface area contributed by atoms with E-state index in [-0.39, 0.29) is 5.91 Å². The van der Waals surface area contributed by atoms with Crippen LogP contribution in [0.1, 0.15) is 19.8 Å². The van der Waals surface area contributed by atoms with Crippen LogP contribution in [0.15, 0.2) is 64.4 Å². The van der Waals surface area contributed by atoms with Crippen LogP contribution in [0.5, 0.6) is 0 Å². The van der Waals surface area contributed by atoms with Crippen LogP contribution >= 0.6 is 11.8 Å². The van der Waals surface area contributed by atoms with E-state index in [1.54, 1.807) is 18.7 Å². The van der Waals surface area contributed by atoms with Gasteiger partial charge in [-0.15, -0.1) is 0 Å². The standard InChI is InChI=1S/C21H21N3OS/c1-15(25)22-12-6-7-13-24-18-10-4-5-11-19(18)26-20-14-16-8-2-3-9-17(16)23-21(20)24/h2-5,8-11,14H,6-7,12-13H2,1H3,(H,22,25). The normalized spacial score (nSPS) is 12.6. The van der Waals surface area contributed by atoms with Crippen LogP contribution in [0.3, 0.4) is 0 Å². The maximum absolute atomic E-state index is 11.0. The van der Waals surface area contributed by atoms with Crippen molar-refractivity contribution in [3.05, 3.63) is 54.6 Å². The second kappa shape index (κ2) is 7.38. The number of nitrogens with one attached hydrogen (secondary N) is 1. The molecule has 4 rings (SSSR count). The third-order valence-electron chi connectivity index (χ3n) is 4.48. The molecule has 1 aromatic heterocycles. The molecule has 4 nitrogen and oxygen atoms in total. The van der Waals surface area contributed by atoms with E-state index >= 15 is 0 Å². The van der Waals surface area contributed by atoms with E-state index in [4.69, 9.17) is 4.98 Å². The van der Waals surface area contributed by atoms with Gasteiger partial charge in [-0.3, -0.25) is 4.79 Å². The summed E-state index contributed by atoms with van der Waals surface area (Å²) in [5, 5.41) is 4.04. The molecule has 0 aliphatic carbocycles. The fourth-order valence-electron chi connectivity index (χ4n) is 3.24. The Morgan fingerprint density at radius 2 is 1.88 bits per heavy atom. The summed E-state index contributed by atoms with van der Waals surface area (Å²) < 4.78 is 0. The van der Waals surface area contributed by atoms with Crippen LogP contribution in [0.4, 0.5) is 11.5 Å². The lowest BCUT2D eigenvalue weighted by molar-refractivity contribution is -0.118. The molecule has 0 atom stereocenters. The zero-order valence-corrected chi connectivity index (χ0v) is 15.6. The van der Waals surface area contributed by atoms with Gasteiger partial charge in [0.05, 0.1) is 16.1 Å². The molecule has 3 aromatic rings. The summed E-state index contributed by atoms with van der Waals surface area (Å²) in [5.74, 6) is 1.06. The molecule has 1 aliphatic heterocycles. The molecule has 5 heteroatoms. The average Bonchev–Trinajstić information content (AvgIpc) is 2.65. The third kappa shape index (κ3) is 3.40. The first-order valence-corrected chi connectivity index (χ1v) is 9.73. The Hall–Kier alpha value is -2.53. The summed E-state index contributed by atoms with van der Waals surface area (Å²) >= 11 is 1.79. The number of benzene rings is 2. The number of pyridine rings is 1. The second-order valence-electron chi connectivity index (χ2n) is 6.41. The molecule has 0 unspecified atom stereocenters. The van der Waals surface area contributed by atoms with Crippen LogP contribution in [0, 0.1) is 0 Å². The van der Waals surface area contributed by atoms with Gasteiger partial charge in [0.2, 0.25) is 5.91 Å². The number of unbranched alkanes of at least 4 members (excludes halogenated alkanes) is 1. The summed E-state index contributed by atoms with van der Waals surface area (Å²) in [6.07, 6.45) is 1.95. The van der Waals surface area contributed by atoms with E-state index in [1.165, 1.54) is 20.9 Å². The van der Waals surface area contributed by atoms with Gasteiger partial charge < -0.3 is 10.2 Å². The predicted octanol–water partition coefficient (Wildman–Crippen LogP) is 4.75. The highest BCUT2D eigenvalue weighted by Crippen LogP contribution is 2.47. The zero-order chi connectivity index (χ0) is 17.9. The highest BCUT2D eigenvalue weighted by Gasteiger charge is 2.24. The molecule has 0 radical (unpaired) electrons. The lowest BCUT2D eigenvalue weighted by Crippen LogP contribution is -2.25. The molecule has 0 fully saturated rings. The lowest BCUT2D eigenvalue weighted by Gasteiger charge is -2.32. The number of nitrogens with zero attached hydrogens (tertiary/aromatic N) is 2. The van der Waals surface area contributed by atoms with E-state index in [1.807, 2.05) is 6.07 Å². The molecule has 1 N–H and O–H groups in total. The van der Waals surface area contributed by atoms with Crippen LogP contribution in [-0.2, 0) is 4.79 Å². The van der Waals surface area contributed by atoms with Crippen molar-refractivity contribution in [1.29, 1.82) is 0 Å². The van der Waals surface area contributed by atoms with Gasteiger partial charge in [-0.2, -0.15) is 0 Å². The number of para-hydroxylation sites is 2. The Bertz CT molecular complexity index is 957. The van der Waals surface area contributed by atoms with Crippen LogP contribution in [0.25, 0.3) is 10.9 Å². The average molecular weight is 363 g/mol. The van der Waals surface area contributed by atoms with Crippen molar-refractivity contribution in [3.8, 4) is 0 Å². The number of hydrogen-bond acceptors (Lipinski definition) is 4. The molecule has 0 saturated carbocycles. The van der Waals surface area contributed by atoms with Crippen molar-refractivity contribution in [2.75, 3.05) is 18.0 Å². The number of hydrogen-bond donors (Lipinski definition) is 1. The first-order valence-electron chi connectivity index (χ1n) is 8.91. The SMILES string of the molecule is CC(=O)NCCCCN1c2ccccc2Sc2cc3ccccc3nc21. The molecular weight excluding hydrogens is 342 g/mol. The van der Waals surface area contributed by atoms with E-state index in [2.05, 4.69) is 58.7 Å². The summed E-state index contributed by atoms with van der Waals surface area (Å²) in [4.78, 5) is 20.8. The predicted molar refractivity (Wildman–Crippen MR) is 107 cm³/mol. The number of aromatic nitrogens is 1. The molecule has 0 spiro atoms. The number of rotatable bonds is 5. The van der Waals surface area contributed by atoms with Gasteiger partial charge in [0.1, 0.15) is 5.82 Å². The lowest BCUT2D eigenvalue weighted by atomic mass is 10.2. The Kier molecular flexibility index (Phi) is 4.80. The van der Waals surface area contributed by atoms with E-state index in [9.17, 15) is 4.79 Å². The number of anilines is 2. The van der Waals surface area contributed by atoms with Crippen LogP contribution in [0.2, 0.25) is 0 Å². The van der Waals surface area contributed by atoms with E-state index in [0.717, 1.165) is 37.3 Å². The number of carbonyl (C=O) groups is 1. The summed E-state index contributed by atoms with van der Waals surface area (Å²) in [5.41, 5.74) is 2.24. The summed E-state index contributed by atoms with van der Waals surface area (Å²) in [7, 11) is 0. The maximum atomic E-state index is 11.0. The molecule has 0 bridgehead atoms. The third-order valence-corrected chi connectivity index (χ3v) is 5.57. The van der Waals surface area contributed by atoms with Gasteiger partial charge in [-0.05, 0) is 37.1 Å². The number of fused-ring (bicyclic) bond motifs is 3. The smallest absolute Gasteiger partial charge is 0.216 e. The molecule has 2 heterocycles. The van der Waals surface area contributed by atoms with Gasteiger partial charge in [-0.25, -0.2) is 4.98 Å². The minimum absolute atomic E-state index is 0.0307. The van der Waals surface area contributed by atoms with Crippen LogP contribution < -0.4 is 10.2 Å². The van der Waals surface area contributed by atoms with Crippen molar-refractivity contribution < 1.29 is 4.79 Å². The Labute approximate surface area is 157 Å². The molecule has 0 saturated heterocycles. The summed E-state index contributed by atoms with van der Waals surface area (Å²) in [6, 6.07) is 19.0. The van der Waals surface area contributed by atoms with Crippen LogP contribution in [-0.4, -0.2) is 24.0 Å². The van der Waals surface area contributed by atoms with Crippen molar-refractivity contribution in [2.45, 2.75) is 29.6 Å². The maximum Gasteiger partial charge on any atom is 0.216 e. The van der Waals surface area contributed by atoms with Crippen molar-refractivity contribution in [1.82, 2.24) is 10.3 Å². The van der Waals surface area contributed by atoms with Crippen molar-refractivity contribution in [3.63, 3.8) is 0 Å². The Balaban J connectivity index is 1.64. The van der Waals surface area contributed by atoms with Gasteiger partial charge in [0.25, 0.3) is 0 Å². The number of amides is 1. The summed E-state index contributed by atoms with van der Waals surface area (Å²) in [6.45, 7) is 3.16. The topological polar surface area (TPSA) is 45.2 Å². The highest BCUT2D eigenvalue weighted by molar-refractivity contribution is 7.99. The Morgan fingerprint density at radius 1 is 1.08 bits per heavy atom. The van der Waals surface area contributed by atoms with Crippen molar-refractivity contribution >= 4 is 40.1 Å².